The van der Waals surface area contributed by atoms with Crippen molar-refractivity contribution in [2.75, 3.05) is 32.8 Å². The SMILES string of the molecule is CCCC1(C(=O)N2CCOC(CC)C2)CCNCC1. The summed E-state index contributed by atoms with van der Waals surface area (Å²) in [7, 11) is 0. The van der Waals surface area contributed by atoms with Gasteiger partial charge in [0.1, 0.15) is 0 Å². The summed E-state index contributed by atoms with van der Waals surface area (Å²) < 4.78 is 5.68. The molecule has 2 saturated heterocycles. The Morgan fingerprint density at radius 2 is 2.11 bits per heavy atom. The van der Waals surface area contributed by atoms with Crippen molar-refractivity contribution in [3.05, 3.63) is 0 Å². The Labute approximate surface area is 116 Å². The van der Waals surface area contributed by atoms with Gasteiger partial charge >= 0.3 is 0 Å². The molecule has 19 heavy (non-hydrogen) atoms. The summed E-state index contributed by atoms with van der Waals surface area (Å²) in [6.07, 6.45) is 5.33. The Hall–Kier alpha value is -0.610. The Balaban J connectivity index is 2.05. The van der Waals surface area contributed by atoms with Crippen LogP contribution in [-0.2, 0) is 9.53 Å². The van der Waals surface area contributed by atoms with Crippen LogP contribution < -0.4 is 5.32 Å². The van der Waals surface area contributed by atoms with Crippen LogP contribution in [0, 0.1) is 5.41 Å². The number of carbonyl (C=O) groups is 1. The smallest absolute Gasteiger partial charge is 0.229 e. The molecule has 0 bridgehead atoms. The second-order valence-electron chi connectivity index (χ2n) is 5.93. The average molecular weight is 268 g/mol. The van der Waals surface area contributed by atoms with E-state index in [4.69, 9.17) is 4.74 Å². The first-order valence-electron chi connectivity index (χ1n) is 7.83. The minimum atomic E-state index is -0.102. The van der Waals surface area contributed by atoms with Crippen LogP contribution in [0.2, 0.25) is 0 Å². The van der Waals surface area contributed by atoms with Gasteiger partial charge in [-0.25, -0.2) is 0 Å². The highest BCUT2D eigenvalue weighted by Gasteiger charge is 2.42. The standard InChI is InChI=1S/C15H28N2O2/c1-3-5-15(6-8-16-9-7-15)14(18)17-10-11-19-13(4-2)12-17/h13,16H,3-12H2,1-2H3. The molecule has 0 saturated carbocycles. The molecule has 2 aliphatic heterocycles. The zero-order valence-electron chi connectivity index (χ0n) is 12.4. The molecule has 1 unspecified atom stereocenters. The van der Waals surface area contributed by atoms with E-state index in [1.54, 1.807) is 0 Å². The Morgan fingerprint density at radius 3 is 2.74 bits per heavy atom. The number of piperidine rings is 1. The zero-order valence-corrected chi connectivity index (χ0v) is 12.4. The first kappa shape index (κ1) is 14.8. The molecule has 2 aliphatic rings. The summed E-state index contributed by atoms with van der Waals surface area (Å²) in [5.41, 5.74) is -0.102. The molecule has 0 aromatic carbocycles. The summed E-state index contributed by atoms with van der Waals surface area (Å²) in [5, 5.41) is 3.38. The van der Waals surface area contributed by atoms with E-state index in [-0.39, 0.29) is 11.5 Å². The number of hydrogen-bond acceptors (Lipinski definition) is 3. The van der Waals surface area contributed by atoms with Crippen molar-refractivity contribution < 1.29 is 9.53 Å². The fourth-order valence-electron chi connectivity index (χ4n) is 3.44. The summed E-state index contributed by atoms with van der Waals surface area (Å²) in [4.78, 5) is 15.0. The molecule has 110 valence electrons. The summed E-state index contributed by atoms with van der Waals surface area (Å²) in [6, 6.07) is 0. The molecular weight excluding hydrogens is 240 g/mol. The topological polar surface area (TPSA) is 41.6 Å². The van der Waals surface area contributed by atoms with E-state index in [1.165, 1.54) is 0 Å². The maximum Gasteiger partial charge on any atom is 0.229 e. The lowest BCUT2D eigenvalue weighted by molar-refractivity contribution is -0.152. The average Bonchev–Trinajstić information content (AvgIpc) is 2.48. The van der Waals surface area contributed by atoms with Crippen LogP contribution >= 0.6 is 0 Å². The van der Waals surface area contributed by atoms with Crippen LogP contribution in [0.4, 0.5) is 0 Å². The molecule has 2 fully saturated rings. The molecule has 4 heteroatoms. The van der Waals surface area contributed by atoms with E-state index >= 15 is 0 Å². The zero-order chi connectivity index (χ0) is 13.7. The number of morpholine rings is 1. The lowest BCUT2D eigenvalue weighted by Crippen LogP contribution is -2.54. The molecule has 0 aromatic rings. The quantitative estimate of drug-likeness (QED) is 0.845. The van der Waals surface area contributed by atoms with Crippen molar-refractivity contribution in [1.82, 2.24) is 10.2 Å². The number of nitrogens with zero attached hydrogens (tertiary/aromatic N) is 1. The van der Waals surface area contributed by atoms with Crippen LogP contribution in [-0.4, -0.2) is 49.7 Å². The molecule has 0 aliphatic carbocycles. The summed E-state index contributed by atoms with van der Waals surface area (Å²) in [5.74, 6) is 0.387. The van der Waals surface area contributed by atoms with E-state index in [9.17, 15) is 4.79 Å². The molecule has 1 N–H and O–H groups in total. The van der Waals surface area contributed by atoms with Gasteiger partial charge in [-0.15, -0.1) is 0 Å². The van der Waals surface area contributed by atoms with Gasteiger partial charge in [0.15, 0.2) is 0 Å². The third kappa shape index (κ3) is 3.29. The fraction of sp³-hybridized carbons (Fsp3) is 0.933. The number of ether oxygens (including phenoxy) is 1. The largest absolute Gasteiger partial charge is 0.375 e. The first-order chi connectivity index (χ1) is 9.22. The lowest BCUT2D eigenvalue weighted by atomic mass is 9.74. The van der Waals surface area contributed by atoms with Gasteiger partial charge in [0.05, 0.1) is 18.1 Å². The van der Waals surface area contributed by atoms with Crippen molar-refractivity contribution in [2.45, 2.75) is 52.1 Å². The molecule has 4 nitrogen and oxygen atoms in total. The van der Waals surface area contributed by atoms with Crippen LogP contribution in [0.1, 0.15) is 46.0 Å². The minimum absolute atomic E-state index is 0.102. The number of carbonyl (C=O) groups excluding carboxylic acids is 1. The molecule has 1 atom stereocenters. The Bertz CT molecular complexity index is 295. The highest BCUT2D eigenvalue weighted by Crippen LogP contribution is 2.36. The monoisotopic (exact) mass is 268 g/mol. The molecule has 0 radical (unpaired) electrons. The highest BCUT2D eigenvalue weighted by atomic mass is 16.5. The molecular formula is C15H28N2O2. The van der Waals surface area contributed by atoms with Gasteiger partial charge in [-0.2, -0.15) is 0 Å². The molecule has 0 spiro atoms. The van der Waals surface area contributed by atoms with Crippen molar-refractivity contribution in [3.8, 4) is 0 Å². The summed E-state index contributed by atoms with van der Waals surface area (Å²) in [6.45, 7) is 8.53. The first-order valence-corrected chi connectivity index (χ1v) is 7.83. The predicted octanol–water partition coefficient (Wildman–Crippen LogP) is 1.79. The Kier molecular flexibility index (Phi) is 5.22. The van der Waals surface area contributed by atoms with Crippen molar-refractivity contribution in [3.63, 3.8) is 0 Å². The van der Waals surface area contributed by atoms with E-state index in [0.29, 0.717) is 12.5 Å². The second-order valence-corrected chi connectivity index (χ2v) is 5.93. The van der Waals surface area contributed by atoms with E-state index in [2.05, 4.69) is 24.1 Å². The lowest BCUT2D eigenvalue weighted by Gasteiger charge is -2.42. The molecule has 2 rings (SSSR count). The highest BCUT2D eigenvalue weighted by molar-refractivity contribution is 5.83. The van der Waals surface area contributed by atoms with Crippen molar-refractivity contribution in [2.24, 2.45) is 5.41 Å². The van der Waals surface area contributed by atoms with Crippen LogP contribution in [0.25, 0.3) is 0 Å². The van der Waals surface area contributed by atoms with Gasteiger partial charge < -0.3 is 15.0 Å². The summed E-state index contributed by atoms with van der Waals surface area (Å²) >= 11 is 0. The maximum absolute atomic E-state index is 13.0. The van der Waals surface area contributed by atoms with Crippen LogP contribution in [0.15, 0.2) is 0 Å². The Morgan fingerprint density at radius 1 is 1.37 bits per heavy atom. The second kappa shape index (κ2) is 6.71. The molecule has 2 heterocycles. The van der Waals surface area contributed by atoms with E-state index < -0.39 is 0 Å². The molecule has 1 amide bonds. The fourth-order valence-corrected chi connectivity index (χ4v) is 3.44. The van der Waals surface area contributed by atoms with E-state index in [0.717, 1.165) is 58.3 Å². The van der Waals surface area contributed by atoms with Gasteiger partial charge in [-0.05, 0) is 38.8 Å². The number of rotatable bonds is 4. The van der Waals surface area contributed by atoms with Crippen LogP contribution in [0.5, 0.6) is 0 Å². The predicted molar refractivity (Wildman–Crippen MR) is 76.1 cm³/mol. The number of amides is 1. The minimum Gasteiger partial charge on any atom is -0.375 e. The molecule has 0 aromatic heterocycles. The third-order valence-electron chi connectivity index (χ3n) is 4.62. The van der Waals surface area contributed by atoms with Crippen LogP contribution in [0.3, 0.4) is 0 Å². The third-order valence-corrected chi connectivity index (χ3v) is 4.62. The number of nitrogens with one attached hydrogen (secondary N) is 1. The maximum atomic E-state index is 13.0. The van der Waals surface area contributed by atoms with Gasteiger partial charge in [0.2, 0.25) is 5.91 Å². The van der Waals surface area contributed by atoms with Gasteiger partial charge in [-0.3, -0.25) is 4.79 Å². The van der Waals surface area contributed by atoms with Gasteiger partial charge in [0.25, 0.3) is 0 Å². The normalized spacial score (nSPS) is 27.3. The number of hydrogen-bond donors (Lipinski definition) is 1. The van der Waals surface area contributed by atoms with Crippen molar-refractivity contribution in [1.29, 1.82) is 0 Å². The van der Waals surface area contributed by atoms with Crippen molar-refractivity contribution >= 4 is 5.91 Å². The van der Waals surface area contributed by atoms with Gasteiger partial charge in [-0.1, -0.05) is 20.3 Å². The van der Waals surface area contributed by atoms with E-state index in [1.807, 2.05) is 0 Å². The van der Waals surface area contributed by atoms with Gasteiger partial charge in [0, 0.05) is 13.1 Å².